The SMILES string of the molecule is COC[C@H]1CN(C)C[C@@]12CCN(Cc1ccccc1OC)C2.O=C(O)C(F)(F)F.O=C(O)C(F)(F)F. The molecule has 2 aliphatic rings. The van der Waals surface area contributed by atoms with Gasteiger partial charge in [-0.05, 0) is 26.1 Å². The van der Waals surface area contributed by atoms with E-state index in [1.54, 1.807) is 7.11 Å². The van der Waals surface area contributed by atoms with Crippen LogP contribution in [-0.2, 0) is 20.9 Å². The molecule has 2 N–H and O–H groups in total. The molecule has 2 aliphatic heterocycles. The number of halogens is 6. The van der Waals surface area contributed by atoms with E-state index in [9.17, 15) is 26.3 Å². The van der Waals surface area contributed by atoms with Gasteiger partial charge in [-0.1, -0.05) is 18.2 Å². The zero-order valence-corrected chi connectivity index (χ0v) is 20.0. The smallest absolute Gasteiger partial charge is 0.490 e. The number of methoxy groups -OCH3 is 2. The van der Waals surface area contributed by atoms with E-state index in [0.29, 0.717) is 11.3 Å². The maximum atomic E-state index is 10.6. The van der Waals surface area contributed by atoms with E-state index in [0.717, 1.165) is 25.4 Å². The van der Waals surface area contributed by atoms with E-state index in [4.69, 9.17) is 29.3 Å². The molecule has 2 heterocycles. The van der Waals surface area contributed by atoms with Crippen molar-refractivity contribution in [3.05, 3.63) is 29.8 Å². The molecule has 0 amide bonds. The predicted molar refractivity (Wildman–Crippen MR) is 116 cm³/mol. The Labute approximate surface area is 204 Å². The summed E-state index contributed by atoms with van der Waals surface area (Å²) in [5, 5.41) is 14.2. The molecular formula is C22H30F6N2O6. The van der Waals surface area contributed by atoms with Crippen LogP contribution < -0.4 is 4.74 Å². The lowest BCUT2D eigenvalue weighted by molar-refractivity contribution is -0.193. The van der Waals surface area contributed by atoms with Crippen LogP contribution in [0.2, 0.25) is 0 Å². The van der Waals surface area contributed by atoms with E-state index in [2.05, 4.69) is 35.0 Å². The second-order valence-corrected chi connectivity index (χ2v) is 8.59. The van der Waals surface area contributed by atoms with Crippen molar-refractivity contribution in [1.29, 1.82) is 0 Å². The van der Waals surface area contributed by atoms with Crippen LogP contribution in [0.15, 0.2) is 24.3 Å². The van der Waals surface area contributed by atoms with E-state index >= 15 is 0 Å². The molecule has 0 bridgehead atoms. The molecule has 0 aliphatic carbocycles. The van der Waals surface area contributed by atoms with Crippen molar-refractivity contribution in [2.24, 2.45) is 11.3 Å². The van der Waals surface area contributed by atoms with Crippen LogP contribution >= 0.6 is 0 Å². The van der Waals surface area contributed by atoms with E-state index in [-0.39, 0.29) is 0 Å². The first-order valence-corrected chi connectivity index (χ1v) is 10.7. The zero-order chi connectivity index (χ0) is 27.7. The maximum Gasteiger partial charge on any atom is 0.490 e. The van der Waals surface area contributed by atoms with E-state index in [1.807, 2.05) is 13.2 Å². The number of carboxylic acid groups (broad SMARTS) is 2. The normalized spacial score (nSPS) is 22.4. The third-order valence-electron chi connectivity index (χ3n) is 5.89. The molecule has 0 radical (unpaired) electrons. The van der Waals surface area contributed by atoms with Crippen LogP contribution in [0.4, 0.5) is 26.3 Å². The fourth-order valence-electron chi connectivity index (χ4n) is 4.39. The van der Waals surface area contributed by atoms with Crippen molar-refractivity contribution in [1.82, 2.24) is 9.80 Å². The molecule has 2 saturated heterocycles. The van der Waals surface area contributed by atoms with Gasteiger partial charge >= 0.3 is 24.3 Å². The van der Waals surface area contributed by atoms with Crippen LogP contribution in [0.25, 0.3) is 0 Å². The van der Waals surface area contributed by atoms with Crippen molar-refractivity contribution in [2.75, 3.05) is 54.1 Å². The minimum absolute atomic E-state index is 0.409. The Morgan fingerprint density at radius 2 is 1.56 bits per heavy atom. The van der Waals surface area contributed by atoms with Gasteiger partial charge in [0.15, 0.2) is 0 Å². The molecule has 1 spiro atoms. The quantitative estimate of drug-likeness (QED) is 0.558. The highest BCUT2D eigenvalue weighted by Gasteiger charge is 2.49. The molecular weight excluding hydrogens is 502 g/mol. The number of hydrogen-bond acceptors (Lipinski definition) is 6. The van der Waals surface area contributed by atoms with Gasteiger partial charge in [-0.3, -0.25) is 4.90 Å². The number of nitrogens with zero attached hydrogens (tertiary/aromatic N) is 2. The van der Waals surface area contributed by atoms with Gasteiger partial charge in [-0.2, -0.15) is 26.3 Å². The van der Waals surface area contributed by atoms with Crippen LogP contribution in [0, 0.1) is 11.3 Å². The van der Waals surface area contributed by atoms with E-state index < -0.39 is 24.3 Å². The lowest BCUT2D eigenvalue weighted by atomic mass is 9.77. The van der Waals surface area contributed by atoms with Crippen molar-refractivity contribution in [3.63, 3.8) is 0 Å². The number of likely N-dealkylation sites (tertiary alicyclic amines) is 2. The number of ether oxygens (including phenoxy) is 2. The number of para-hydroxylation sites is 1. The number of rotatable bonds is 5. The lowest BCUT2D eigenvalue weighted by Crippen LogP contribution is -2.36. The molecule has 0 aromatic heterocycles. The third kappa shape index (κ3) is 9.47. The standard InChI is InChI=1S/C18H28N2O2.2C2HF3O2/c1-19-11-16(12-21-2)18(13-19)8-9-20(14-18)10-15-6-4-5-7-17(15)22-3;2*3-2(4,5)1(6)7/h4-7,16H,8-14H2,1-3H3;2*(H,6,7)/t16-,18-;;/m1../s1. The third-order valence-corrected chi connectivity index (χ3v) is 5.89. The molecule has 1 aromatic rings. The minimum Gasteiger partial charge on any atom is -0.496 e. The molecule has 14 heteroatoms. The number of benzene rings is 1. The van der Waals surface area contributed by atoms with Gasteiger partial charge < -0.3 is 24.6 Å². The Balaban J connectivity index is 0.000000383. The predicted octanol–water partition coefficient (Wildman–Crippen LogP) is 3.36. The van der Waals surface area contributed by atoms with Gasteiger partial charge in [0.2, 0.25) is 0 Å². The summed E-state index contributed by atoms with van der Waals surface area (Å²) in [7, 11) is 5.82. The van der Waals surface area contributed by atoms with Gasteiger partial charge in [0, 0.05) is 50.2 Å². The molecule has 206 valence electrons. The number of hydrogen-bond donors (Lipinski definition) is 2. The molecule has 2 atom stereocenters. The summed E-state index contributed by atoms with van der Waals surface area (Å²) < 4.78 is 74.5. The van der Waals surface area contributed by atoms with Crippen LogP contribution in [0.3, 0.4) is 0 Å². The first-order valence-electron chi connectivity index (χ1n) is 10.7. The van der Waals surface area contributed by atoms with Gasteiger partial charge in [-0.25, -0.2) is 9.59 Å². The Bertz CT molecular complexity index is 842. The number of carbonyl (C=O) groups is 2. The molecule has 2 fully saturated rings. The topological polar surface area (TPSA) is 99.5 Å². The van der Waals surface area contributed by atoms with Crippen LogP contribution in [0.5, 0.6) is 5.75 Å². The first-order chi connectivity index (χ1) is 16.6. The first kappa shape index (κ1) is 31.4. The zero-order valence-electron chi connectivity index (χ0n) is 20.0. The Morgan fingerprint density at radius 3 is 2.03 bits per heavy atom. The number of alkyl halides is 6. The molecule has 3 rings (SSSR count). The van der Waals surface area contributed by atoms with Crippen molar-refractivity contribution in [3.8, 4) is 5.75 Å². The Kier molecular flexibility index (Phi) is 11.4. The second-order valence-electron chi connectivity index (χ2n) is 8.59. The molecule has 0 saturated carbocycles. The highest BCUT2D eigenvalue weighted by Crippen LogP contribution is 2.44. The van der Waals surface area contributed by atoms with Gasteiger partial charge in [0.25, 0.3) is 0 Å². The van der Waals surface area contributed by atoms with Crippen LogP contribution in [-0.4, -0.2) is 98.4 Å². The molecule has 0 unspecified atom stereocenters. The van der Waals surface area contributed by atoms with Crippen molar-refractivity contribution < 1.29 is 55.6 Å². The van der Waals surface area contributed by atoms with E-state index in [1.165, 1.54) is 31.6 Å². The molecule has 8 nitrogen and oxygen atoms in total. The summed E-state index contributed by atoms with van der Waals surface area (Å²) in [5.74, 6) is -3.86. The van der Waals surface area contributed by atoms with Crippen LogP contribution in [0.1, 0.15) is 12.0 Å². The Morgan fingerprint density at radius 1 is 1.03 bits per heavy atom. The van der Waals surface area contributed by atoms with Crippen molar-refractivity contribution in [2.45, 2.75) is 25.3 Å². The summed E-state index contributed by atoms with van der Waals surface area (Å²) in [5.41, 5.74) is 1.70. The highest BCUT2D eigenvalue weighted by atomic mass is 19.4. The fraction of sp³-hybridized carbons (Fsp3) is 0.636. The summed E-state index contributed by atoms with van der Waals surface area (Å²) in [4.78, 5) is 22.8. The second kappa shape index (κ2) is 13.1. The number of carboxylic acids is 2. The highest BCUT2D eigenvalue weighted by molar-refractivity contribution is 5.73. The van der Waals surface area contributed by atoms with Gasteiger partial charge in [0.1, 0.15) is 5.75 Å². The number of aliphatic carboxylic acids is 2. The van der Waals surface area contributed by atoms with Gasteiger partial charge in [-0.15, -0.1) is 0 Å². The summed E-state index contributed by atoms with van der Waals surface area (Å²) in [6, 6.07) is 8.37. The molecule has 1 aromatic carbocycles. The van der Waals surface area contributed by atoms with Crippen molar-refractivity contribution >= 4 is 11.9 Å². The molecule has 36 heavy (non-hydrogen) atoms. The van der Waals surface area contributed by atoms with Gasteiger partial charge in [0.05, 0.1) is 13.7 Å². The minimum atomic E-state index is -5.08. The lowest BCUT2D eigenvalue weighted by Gasteiger charge is -2.30. The summed E-state index contributed by atoms with van der Waals surface area (Å²) in [6.45, 7) is 6.57. The fourth-order valence-corrected chi connectivity index (χ4v) is 4.39. The average molecular weight is 532 g/mol. The maximum absolute atomic E-state index is 10.6. The average Bonchev–Trinajstić information content (AvgIpc) is 3.30. The largest absolute Gasteiger partial charge is 0.496 e. The summed E-state index contributed by atoms with van der Waals surface area (Å²) in [6.07, 6.45) is -8.89. The Hall–Kier alpha value is -2.58. The summed E-state index contributed by atoms with van der Waals surface area (Å²) >= 11 is 0. The monoisotopic (exact) mass is 532 g/mol.